The van der Waals surface area contributed by atoms with Gasteiger partial charge >= 0.3 is 0 Å². The summed E-state index contributed by atoms with van der Waals surface area (Å²) in [6.45, 7) is 4.91. The maximum absolute atomic E-state index is 12.0. The molecule has 4 nitrogen and oxygen atoms in total. The maximum atomic E-state index is 12.0. The summed E-state index contributed by atoms with van der Waals surface area (Å²) in [5.74, 6) is 0.303. The van der Waals surface area contributed by atoms with E-state index in [0.717, 1.165) is 6.42 Å². The van der Waals surface area contributed by atoms with Gasteiger partial charge in [0.05, 0.1) is 0 Å². The summed E-state index contributed by atoms with van der Waals surface area (Å²) in [7, 11) is 0. The average molecular weight is 310 g/mol. The highest BCUT2D eigenvalue weighted by Crippen LogP contribution is 2.11. The second-order valence-electron chi connectivity index (χ2n) is 5.84. The number of rotatable bonds is 6. The first-order valence-electron chi connectivity index (χ1n) is 7.81. The highest BCUT2D eigenvalue weighted by molar-refractivity contribution is 6.04. The maximum Gasteiger partial charge on any atom is 0.255 e. The molecule has 0 fully saturated rings. The van der Waals surface area contributed by atoms with Gasteiger partial charge < -0.3 is 10.6 Å². The van der Waals surface area contributed by atoms with E-state index < -0.39 is 0 Å². The normalized spacial score (nSPS) is 10.4. The number of benzene rings is 2. The lowest BCUT2D eigenvalue weighted by atomic mass is 10.1. The Kier molecular flexibility index (Phi) is 5.92. The first-order chi connectivity index (χ1) is 11.1. The molecule has 0 saturated heterocycles. The SMILES string of the molecule is CC(C)CCNC(=O)c1ccc(NC(=O)c2ccccc2)cc1. The fourth-order valence-corrected chi connectivity index (χ4v) is 2.07. The second-order valence-corrected chi connectivity index (χ2v) is 5.84. The third-order valence-corrected chi connectivity index (χ3v) is 3.45. The Balaban J connectivity index is 1.91. The molecule has 2 rings (SSSR count). The molecular weight excluding hydrogens is 288 g/mol. The van der Waals surface area contributed by atoms with Crippen molar-refractivity contribution in [1.29, 1.82) is 0 Å². The molecule has 2 N–H and O–H groups in total. The van der Waals surface area contributed by atoms with Crippen LogP contribution in [0.25, 0.3) is 0 Å². The van der Waals surface area contributed by atoms with Crippen LogP contribution < -0.4 is 10.6 Å². The van der Waals surface area contributed by atoms with Gasteiger partial charge in [-0.05, 0) is 48.7 Å². The zero-order chi connectivity index (χ0) is 16.7. The minimum absolute atomic E-state index is 0.0911. The molecule has 0 aliphatic carbocycles. The molecule has 0 unspecified atom stereocenters. The predicted octanol–water partition coefficient (Wildman–Crippen LogP) is 3.71. The Morgan fingerprint density at radius 3 is 2.09 bits per heavy atom. The van der Waals surface area contributed by atoms with E-state index in [4.69, 9.17) is 0 Å². The van der Waals surface area contributed by atoms with Crippen LogP contribution in [0.3, 0.4) is 0 Å². The van der Waals surface area contributed by atoms with Crippen molar-refractivity contribution in [2.24, 2.45) is 5.92 Å². The van der Waals surface area contributed by atoms with E-state index in [0.29, 0.717) is 29.3 Å². The third-order valence-electron chi connectivity index (χ3n) is 3.45. The van der Waals surface area contributed by atoms with E-state index in [1.54, 1.807) is 36.4 Å². The zero-order valence-corrected chi connectivity index (χ0v) is 13.5. The van der Waals surface area contributed by atoms with Crippen molar-refractivity contribution in [2.45, 2.75) is 20.3 Å². The quantitative estimate of drug-likeness (QED) is 0.854. The van der Waals surface area contributed by atoms with Crippen LogP contribution in [0.5, 0.6) is 0 Å². The molecule has 2 aromatic carbocycles. The topological polar surface area (TPSA) is 58.2 Å². The second kappa shape index (κ2) is 8.13. The summed E-state index contributed by atoms with van der Waals surface area (Å²) in [6.07, 6.45) is 0.955. The standard InChI is InChI=1S/C19H22N2O2/c1-14(2)12-13-20-18(22)16-8-10-17(11-9-16)21-19(23)15-6-4-3-5-7-15/h3-11,14H,12-13H2,1-2H3,(H,20,22)(H,21,23). The Hall–Kier alpha value is -2.62. The smallest absolute Gasteiger partial charge is 0.255 e. The van der Waals surface area contributed by atoms with Gasteiger partial charge in [0.1, 0.15) is 0 Å². The molecule has 0 aliphatic rings. The van der Waals surface area contributed by atoms with Crippen molar-refractivity contribution in [1.82, 2.24) is 5.32 Å². The number of carbonyl (C=O) groups excluding carboxylic acids is 2. The zero-order valence-electron chi connectivity index (χ0n) is 13.5. The molecule has 2 aromatic rings. The molecule has 0 atom stereocenters. The molecular formula is C19H22N2O2. The minimum atomic E-state index is -0.167. The van der Waals surface area contributed by atoms with Gasteiger partial charge in [-0.1, -0.05) is 32.0 Å². The van der Waals surface area contributed by atoms with Crippen molar-refractivity contribution in [3.05, 3.63) is 65.7 Å². The van der Waals surface area contributed by atoms with Crippen LogP contribution in [-0.2, 0) is 0 Å². The van der Waals surface area contributed by atoms with E-state index in [1.807, 2.05) is 18.2 Å². The molecule has 23 heavy (non-hydrogen) atoms. The Bertz CT molecular complexity index is 649. The fraction of sp³-hybridized carbons (Fsp3) is 0.263. The number of hydrogen-bond donors (Lipinski definition) is 2. The summed E-state index contributed by atoms with van der Waals surface area (Å²) in [5.41, 5.74) is 1.85. The van der Waals surface area contributed by atoms with E-state index in [2.05, 4.69) is 24.5 Å². The lowest BCUT2D eigenvalue weighted by Gasteiger charge is -2.08. The number of anilines is 1. The molecule has 120 valence electrons. The molecule has 2 amide bonds. The van der Waals surface area contributed by atoms with Gasteiger partial charge in [0.2, 0.25) is 0 Å². The van der Waals surface area contributed by atoms with Crippen molar-refractivity contribution < 1.29 is 9.59 Å². The third kappa shape index (κ3) is 5.25. The van der Waals surface area contributed by atoms with Crippen molar-refractivity contribution in [3.8, 4) is 0 Å². The number of hydrogen-bond acceptors (Lipinski definition) is 2. The van der Waals surface area contributed by atoms with Gasteiger partial charge in [0.15, 0.2) is 0 Å². The van der Waals surface area contributed by atoms with Gasteiger partial charge in [0, 0.05) is 23.4 Å². The first kappa shape index (κ1) is 16.7. The van der Waals surface area contributed by atoms with E-state index in [1.165, 1.54) is 0 Å². The average Bonchev–Trinajstić information content (AvgIpc) is 2.56. The van der Waals surface area contributed by atoms with Gasteiger partial charge in [-0.2, -0.15) is 0 Å². The van der Waals surface area contributed by atoms with Crippen molar-refractivity contribution in [3.63, 3.8) is 0 Å². The summed E-state index contributed by atoms with van der Waals surface area (Å²) >= 11 is 0. The summed E-state index contributed by atoms with van der Waals surface area (Å²) in [4.78, 5) is 24.0. The minimum Gasteiger partial charge on any atom is -0.352 e. The largest absolute Gasteiger partial charge is 0.352 e. The first-order valence-corrected chi connectivity index (χ1v) is 7.81. The van der Waals surface area contributed by atoms with Gasteiger partial charge in [-0.25, -0.2) is 0 Å². The monoisotopic (exact) mass is 310 g/mol. The lowest BCUT2D eigenvalue weighted by molar-refractivity contribution is 0.0951. The van der Waals surface area contributed by atoms with E-state index in [-0.39, 0.29) is 11.8 Å². The van der Waals surface area contributed by atoms with E-state index >= 15 is 0 Å². The number of nitrogens with one attached hydrogen (secondary N) is 2. The Morgan fingerprint density at radius 2 is 1.48 bits per heavy atom. The van der Waals surface area contributed by atoms with Crippen molar-refractivity contribution in [2.75, 3.05) is 11.9 Å². The van der Waals surface area contributed by atoms with Crippen LogP contribution >= 0.6 is 0 Å². The van der Waals surface area contributed by atoms with Gasteiger partial charge in [-0.3, -0.25) is 9.59 Å². The summed E-state index contributed by atoms with van der Waals surface area (Å²) in [6, 6.07) is 15.9. The molecule has 4 heteroatoms. The van der Waals surface area contributed by atoms with Crippen LogP contribution in [-0.4, -0.2) is 18.4 Å². The van der Waals surface area contributed by atoms with Crippen molar-refractivity contribution >= 4 is 17.5 Å². The molecule has 0 heterocycles. The number of amides is 2. The van der Waals surface area contributed by atoms with Gasteiger partial charge in [0.25, 0.3) is 11.8 Å². The van der Waals surface area contributed by atoms with Gasteiger partial charge in [-0.15, -0.1) is 0 Å². The predicted molar refractivity (Wildman–Crippen MR) is 92.6 cm³/mol. The fourth-order valence-electron chi connectivity index (χ4n) is 2.07. The molecule has 0 spiro atoms. The molecule has 0 radical (unpaired) electrons. The Morgan fingerprint density at radius 1 is 0.870 bits per heavy atom. The van der Waals surface area contributed by atoms with Crippen LogP contribution in [0.4, 0.5) is 5.69 Å². The summed E-state index contributed by atoms with van der Waals surface area (Å²) in [5, 5.41) is 5.70. The lowest BCUT2D eigenvalue weighted by Crippen LogP contribution is -2.25. The van der Waals surface area contributed by atoms with E-state index in [9.17, 15) is 9.59 Å². The summed E-state index contributed by atoms with van der Waals surface area (Å²) < 4.78 is 0. The number of carbonyl (C=O) groups is 2. The highest BCUT2D eigenvalue weighted by Gasteiger charge is 2.07. The molecule has 0 aromatic heterocycles. The highest BCUT2D eigenvalue weighted by atomic mass is 16.2. The van der Waals surface area contributed by atoms with Crippen LogP contribution in [0.2, 0.25) is 0 Å². The van der Waals surface area contributed by atoms with Crippen LogP contribution in [0.1, 0.15) is 41.0 Å². The van der Waals surface area contributed by atoms with Crippen LogP contribution in [0, 0.1) is 5.92 Å². The van der Waals surface area contributed by atoms with Crippen LogP contribution in [0.15, 0.2) is 54.6 Å². The molecule has 0 bridgehead atoms. The molecule has 0 aliphatic heterocycles. The molecule has 0 saturated carbocycles. The Labute approximate surface area is 136 Å².